The lowest BCUT2D eigenvalue weighted by molar-refractivity contribution is 0.0670. The largest absolute Gasteiger partial charge is 0.491 e. The van der Waals surface area contributed by atoms with Gasteiger partial charge in [0, 0.05) is 31.7 Å². The summed E-state index contributed by atoms with van der Waals surface area (Å²) in [5.41, 5.74) is 3.03. The number of rotatable bonds is 6. The minimum absolute atomic E-state index is 0.0915. The summed E-state index contributed by atoms with van der Waals surface area (Å²) in [7, 11) is 0. The van der Waals surface area contributed by atoms with Crippen LogP contribution in [0.2, 0.25) is 0 Å². The summed E-state index contributed by atoms with van der Waals surface area (Å²) < 4.78 is 5.68. The lowest BCUT2D eigenvalue weighted by Crippen LogP contribution is -2.39. The second-order valence-electron chi connectivity index (χ2n) is 7.59. The Labute approximate surface area is 167 Å². The monoisotopic (exact) mass is 382 g/mol. The van der Waals surface area contributed by atoms with Gasteiger partial charge in [-0.05, 0) is 51.1 Å². The molecule has 150 valence electrons. The van der Waals surface area contributed by atoms with E-state index in [9.17, 15) is 9.90 Å². The van der Waals surface area contributed by atoms with Crippen LogP contribution >= 0.6 is 0 Å². The molecule has 1 amide bonds. The normalized spacial score (nSPS) is 16.5. The van der Waals surface area contributed by atoms with E-state index in [1.807, 2.05) is 67.3 Å². The van der Waals surface area contributed by atoms with Crippen molar-refractivity contribution in [2.45, 2.75) is 26.4 Å². The molecule has 5 heteroatoms. The molecular weight excluding hydrogens is 352 g/mol. The van der Waals surface area contributed by atoms with Gasteiger partial charge in [0.25, 0.3) is 5.91 Å². The summed E-state index contributed by atoms with van der Waals surface area (Å²) in [4.78, 5) is 16.9. The number of aryl methyl sites for hydroxylation is 2. The fourth-order valence-corrected chi connectivity index (χ4v) is 3.49. The van der Waals surface area contributed by atoms with E-state index in [4.69, 9.17) is 4.74 Å². The van der Waals surface area contributed by atoms with Gasteiger partial charge in [0.2, 0.25) is 0 Å². The number of amides is 1. The number of carbonyl (C=O) groups excluding carboxylic acids is 1. The highest BCUT2D eigenvalue weighted by Gasteiger charge is 2.21. The number of carbonyl (C=O) groups is 1. The van der Waals surface area contributed by atoms with E-state index in [-0.39, 0.29) is 12.5 Å². The SMILES string of the molecule is Cc1ccc(OCC(O)CN2CCCN(C(=O)c3cccc(C)c3)CC2)cc1. The zero-order valence-corrected chi connectivity index (χ0v) is 16.8. The molecule has 0 aliphatic carbocycles. The highest BCUT2D eigenvalue weighted by atomic mass is 16.5. The van der Waals surface area contributed by atoms with Crippen LogP contribution in [0, 0.1) is 13.8 Å². The van der Waals surface area contributed by atoms with Crippen LogP contribution in [0.25, 0.3) is 0 Å². The molecule has 2 aromatic rings. The minimum atomic E-state index is -0.555. The van der Waals surface area contributed by atoms with Gasteiger partial charge in [-0.3, -0.25) is 9.69 Å². The number of hydrogen-bond donors (Lipinski definition) is 1. The number of nitrogens with zero attached hydrogens (tertiary/aromatic N) is 2. The van der Waals surface area contributed by atoms with Gasteiger partial charge in [-0.2, -0.15) is 0 Å². The molecule has 0 spiro atoms. The molecule has 0 radical (unpaired) electrons. The second kappa shape index (κ2) is 9.71. The van der Waals surface area contributed by atoms with Gasteiger partial charge in [-0.25, -0.2) is 0 Å². The Hall–Kier alpha value is -2.37. The van der Waals surface area contributed by atoms with E-state index < -0.39 is 6.10 Å². The quantitative estimate of drug-likeness (QED) is 0.835. The van der Waals surface area contributed by atoms with Crippen molar-refractivity contribution >= 4 is 5.91 Å². The highest BCUT2D eigenvalue weighted by Crippen LogP contribution is 2.13. The van der Waals surface area contributed by atoms with Crippen LogP contribution in [0.1, 0.15) is 27.9 Å². The molecule has 2 aromatic carbocycles. The van der Waals surface area contributed by atoms with Crippen LogP contribution in [0.4, 0.5) is 0 Å². The maximum Gasteiger partial charge on any atom is 0.253 e. The molecule has 1 aliphatic rings. The van der Waals surface area contributed by atoms with E-state index >= 15 is 0 Å². The number of β-amino-alcohol motifs (C(OH)–C–C–N with tert-alkyl or cyclic N) is 1. The Bertz CT molecular complexity index is 776. The topological polar surface area (TPSA) is 53.0 Å². The van der Waals surface area contributed by atoms with Crippen molar-refractivity contribution in [3.05, 3.63) is 65.2 Å². The van der Waals surface area contributed by atoms with Crippen molar-refractivity contribution in [2.75, 3.05) is 39.3 Å². The van der Waals surface area contributed by atoms with Gasteiger partial charge >= 0.3 is 0 Å². The van der Waals surface area contributed by atoms with Crippen LogP contribution in [0.15, 0.2) is 48.5 Å². The Morgan fingerprint density at radius 1 is 1.04 bits per heavy atom. The first-order valence-electron chi connectivity index (χ1n) is 9.97. The van der Waals surface area contributed by atoms with Gasteiger partial charge in [0.15, 0.2) is 0 Å². The Balaban J connectivity index is 1.46. The van der Waals surface area contributed by atoms with Crippen LogP contribution < -0.4 is 4.74 Å². The Kier molecular flexibility index (Phi) is 7.06. The number of aliphatic hydroxyl groups excluding tert-OH is 1. The van der Waals surface area contributed by atoms with E-state index in [2.05, 4.69) is 4.90 Å². The van der Waals surface area contributed by atoms with Gasteiger partial charge in [0.05, 0.1) is 0 Å². The predicted octanol–water partition coefficient (Wildman–Crippen LogP) is 2.89. The molecular formula is C23H30N2O3. The molecule has 0 saturated carbocycles. The fourth-order valence-electron chi connectivity index (χ4n) is 3.49. The zero-order chi connectivity index (χ0) is 19.9. The molecule has 1 saturated heterocycles. The molecule has 3 rings (SSSR count). The maximum atomic E-state index is 12.8. The molecule has 1 N–H and O–H groups in total. The smallest absolute Gasteiger partial charge is 0.253 e. The van der Waals surface area contributed by atoms with Gasteiger partial charge in [0.1, 0.15) is 18.5 Å². The molecule has 28 heavy (non-hydrogen) atoms. The molecule has 1 atom stereocenters. The summed E-state index contributed by atoms with van der Waals surface area (Å²) in [6.45, 7) is 7.92. The van der Waals surface area contributed by atoms with Crippen LogP contribution in [-0.2, 0) is 0 Å². The molecule has 0 bridgehead atoms. The summed E-state index contributed by atoms with van der Waals surface area (Å²) >= 11 is 0. The average Bonchev–Trinajstić information content (AvgIpc) is 2.92. The molecule has 5 nitrogen and oxygen atoms in total. The summed E-state index contributed by atoms with van der Waals surface area (Å²) in [6.07, 6.45) is 0.351. The highest BCUT2D eigenvalue weighted by molar-refractivity contribution is 5.94. The summed E-state index contributed by atoms with van der Waals surface area (Å²) in [5.74, 6) is 0.865. The van der Waals surface area contributed by atoms with Crippen molar-refractivity contribution in [2.24, 2.45) is 0 Å². The Morgan fingerprint density at radius 2 is 1.82 bits per heavy atom. The van der Waals surface area contributed by atoms with Gasteiger partial charge in [-0.15, -0.1) is 0 Å². The molecule has 1 aliphatic heterocycles. The fraction of sp³-hybridized carbons (Fsp3) is 0.435. The first-order valence-corrected chi connectivity index (χ1v) is 9.97. The number of aliphatic hydroxyl groups is 1. The first-order chi connectivity index (χ1) is 13.5. The lowest BCUT2D eigenvalue weighted by Gasteiger charge is -2.24. The third-order valence-electron chi connectivity index (χ3n) is 5.07. The van der Waals surface area contributed by atoms with Crippen LogP contribution in [-0.4, -0.2) is 66.2 Å². The van der Waals surface area contributed by atoms with Crippen molar-refractivity contribution in [1.29, 1.82) is 0 Å². The number of benzene rings is 2. The predicted molar refractivity (Wildman–Crippen MR) is 111 cm³/mol. The van der Waals surface area contributed by atoms with Gasteiger partial charge < -0.3 is 14.7 Å². The van der Waals surface area contributed by atoms with Crippen molar-refractivity contribution in [1.82, 2.24) is 9.80 Å². The van der Waals surface area contributed by atoms with Crippen molar-refractivity contribution < 1.29 is 14.6 Å². The van der Waals surface area contributed by atoms with E-state index in [0.717, 1.165) is 42.9 Å². The van der Waals surface area contributed by atoms with Crippen LogP contribution in [0.5, 0.6) is 5.75 Å². The first kappa shape index (κ1) is 20.4. The van der Waals surface area contributed by atoms with E-state index in [0.29, 0.717) is 13.1 Å². The van der Waals surface area contributed by atoms with Gasteiger partial charge in [-0.1, -0.05) is 35.4 Å². The van der Waals surface area contributed by atoms with E-state index in [1.165, 1.54) is 5.56 Å². The maximum absolute atomic E-state index is 12.8. The van der Waals surface area contributed by atoms with Crippen LogP contribution in [0.3, 0.4) is 0 Å². The standard InChI is InChI=1S/C23H30N2O3/c1-18-7-9-22(10-8-18)28-17-21(26)16-24-11-4-12-25(14-13-24)23(27)20-6-3-5-19(2)15-20/h3,5-10,15,21,26H,4,11-14,16-17H2,1-2H3. The second-order valence-corrected chi connectivity index (χ2v) is 7.59. The third kappa shape index (κ3) is 5.81. The van der Waals surface area contributed by atoms with E-state index in [1.54, 1.807) is 0 Å². The zero-order valence-electron chi connectivity index (χ0n) is 16.8. The molecule has 0 aromatic heterocycles. The number of ether oxygens (including phenoxy) is 1. The minimum Gasteiger partial charge on any atom is -0.491 e. The Morgan fingerprint density at radius 3 is 2.57 bits per heavy atom. The summed E-state index contributed by atoms with van der Waals surface area (Å²) in [6, 6.07) is 15.6. The third-order valence-corrected chi connectivity index (χ3v) is 5.07. The molecule has 1 fully saturated rings. The molecule has 1 heterocycles. The molecule has 1 unspecified atom stereocenters. The van der Waals surface area contributed by atoms with Crippen molar-refractivity contribution in [3.63, 3.8) is 0 Å². The van der Waals surface area contributed by atoms with Crippen molar-refractivity contribution in [3.8, 4) is 5.75 Å². The number of hydrogen-bond acceptors (Lipinski definition) is 4. The summed E-state index contributed by atoms with van der Waals surface area (Å²) in [5, 5.41) is 10.3. The lowest BCUT2D eigenvalue weighted by atomic mass is 10.1. The average molecular weight is 383 g/mol.